The van der Waals surface area contributed by atoms with Crippen LogP contribution in [0.2, 0.25) is 0 Å². The van der Waals surface area contributed by atoms with Gasteiger partial charge >= 0.3 is 5.97 Å². The maximum absolute atomic E-state index is 11.8. The fraction of sp³-hybridized carbons (Fsp3) is 0.632. The van der Waals surface area contributed by atoms with Gasteiger partial charge in [0.1, 0.15) is 6.61 Å². The number of carbonyl (C=O) groups excluding carboxylic acids is 1. The highest BCUT2D eigenvalue weighted by molar-refractivity contribution is 5.88. The Kier molecular flexibility index (Phi) is 11.2. The minimum Gasteiger partial charge on any atom is -0.379 e. The molecule has 0 spiro atoms. The average molecular weight is 322 g/mol. The van der Waals surface area contributed by atoms with Crippen LogP contribution in [0.1, 0.15) is 68.3 Å². The normalized spacial score (nSPS) is 10.7. The number of benzene rings is 1. The molecule has 1 aromatic carbocycles. The molecule has 0 N–H and O–H groups in total. The summed E-state index contributed by atoms with van der Waals surface area (Å²) in [6, 6.07) is 7.55. The summed E-state index contributed by atoms with van der Waals surface area (Å²) in [5.41, 5.74) is 1.76. The second kappa shape index (κ2) is 13.1. The molecule has 0 atom stereocenters. The molecule has 130 valence electrons. The largest absolute Gasteiger partial charge is 0.379 e. The summed E-state index contributed by atoms with van der Waals surface area (Å²) in [6.45, 7) is 5.72. The molecule has 0 aliphatic rings. The lowest BCUT2D eigenvalue weighted by atomic mass is 10.0. The van der Waals surface area contributed by atoms with Gasteiger partial charge in [0.05, 0.1) is 12.2 Å². The zero-order valence-electron chi connectivity index (χ0n) is 14.5. The number of carbonyl (C=O) groups is 1. The predicted octanol–water partition coefficient (Wildman–Crippen LogP) is 4.71. The quantitative estimate of drug-likeness (QED) is 0.299. The lowest BCUT2D eigenvalue weighted by Crippen LogP contribution is -2.10. The van der Waals surface area contributed by atoms with E-state index in [0.29, 0.717) is 18.8 Å². The zero-order valence-corrected chi connectivity index (χ0v) is 14.5. The van der Waals surface area contributed by atoms with E-state index in [0.717, 1.165) is 19.3 Å². The highest BCUT2D eigenvalue weighted by atomic mass is 17.2. The van der Waals surface area contributed by atoms with Crippen molar-refractivity contribution >= 4 is 5.97 Å². The lowest BCUT2D eigenvalue weighted by Gasteiger charge is -2.06. The van der Waals surface area contributed by atoms with Crippen molar-refractivity contribution in [2.75, 3.05) is 19.8 Å². The van der Waals surface area contributed by atoms with E-state index >= 15 is 0 Å². The number of ether oxygens (including phenoxy) is 1. The van der Waals surface area contributed by atoms with Crippen LogP contribution in [-0.4, -0.2) is 25.8 Å². The summed E-state index contributed by atoms with van der Waals surface area (Å²) in [7, 11) is 0. The van der Waals surface area contributed by atoms with E-state index in [4.69, 9.17) is 14.5 Å². The maximum atomic E-state index is 11.8. The van der Waals surface area contributed by atoms with E-state index in [-0.39, 0.29) is 6.61 Å². The van der Waals surface area contributed by atoms with E-state index < -0.39 is 5.97 Å². The number of unbranched alkanes of at least 4 members (excludes halogenated alkanes) is 4. The van der Waals surface area contributed by atoms with Gasteiger partial charge in [-0.05, 0) is 37.0 Å². The van der Waals surface area contributed by atoms with E-state index in [2.05, 4.69) is 13.8 Å². The Labute approximate surface area is 140 Å². The second-order valence-electron chi connectivity index (χ2n) is 5.67. The molecule has 0 heterocycles. The summed E-state index contributed by atoms with van der Waals surface area (Å²) in [5, 5.41) is 0. The summed E-state index contributed by atoms with van der Waals surface area (Å²) < 4.78 is 5.32. The monoisotopic (exact) mass is 322 g/mol. The molecule has 4 nitrogen and oxygen atoms in total. The van der Waals surface area contributed by atoms with Crippen molar-refractivity contribution in [2.24, 2.45) is 0 Å². The fourth-order valence-corrected chi connectivity index (χ4v) is 2.15. The Morgan fingerprint density at radius 1 is 0.870 bits per heavy atom. The first-order valence-electron chi connectivity index (χ1n) is 8.78. The fourth-order valence-electron chi connectivity index (χ4n) is 2.15. The molecule has 23 heavy (non-hydrogen) atoms. The van der Waals surface area contributed by atoms with Crippen molar-refractivity contribution in [3.8, 4) is 0 Å². The lowest BCUT2D eigenvalue weighted by molar-refractivity contribution is -0.247. The van der Waals surface area contributed by atoms with Gasteiger partial charge in [0, 0.05) is 6.61 Å². The minimum absolute atomic E-state index is 0.255. The van der Waals surface area contributed by atoms with Gasteiger partial charge in [-0.25, -0.2) is 4.79 Å². The minimum atomic E-state index is -0.462. The number of hydrogen-bond donors (Lipinski definition) is 0. The van der Waals surface area contributed by atoms with Crippen molar-refractivity contribution in [2.45, 2.75) is 58.8 Å². The average Bonchev–Trinajstić information content (AvgIpc) is 2.58. The third-order valence-electron chi connectivity index (χ3n) is 3.60. The molecule has 0 unspecified atom stereocenters. The standard InChI is InChI=1S/C19H30O4/c1-3-5-7-8-9-17-10-12-18(13-11-17)19(20)23-22-16-15-21-14-6-4-2/h10-13H,3-9,14-16H2,1-2H3. The third kappa shape index (κ3) is 9.36. The molecular formula is C19H30O4. The molecule has 0 saturated heterocycles. The van der Waals surface area contributed by atoms with Gasteiger partial charge in [-0.1, -0.05) is 51.7 Å². The first kappa shape index (κ1) is 19.7. The summed E-state index contributed by atoms with van der Waals surface area (Å²) in [4.78, 5) is 21.4. The molecule has 0 radical (unpaired) electrons. The molecule has 1 aromatic rings. The maximum Gasteiger partial charge on any atom is 0.373 e. The van der Waals surface area contributed by atoms with Crippen LogP contribution in [0.25, 0.3) is 0 Å². The van der Waals surface area contributed by atoms with Crippen LogP contribution < -0.4 is 0 Å². The van der Waals surface area contributed by atoms with Crippen LogP contribution in [-0.2, 0) is 20.9 Å². The SMILES string of the molecule is CCCCCCc1ccc(C(=O)OOCCOCCCC)cc1. The number of rotatable bonds is 13. The van der Waals surface area contributed by atoms with Crippen molar-refractivity contribution in [3.05, 3.63) is 35.4 Å². The van der Waals surface area contributed by atoms with Gasteiger partial charge in [-0.2, -0.15) is 4.89 Å². The first-order valence-corrected chi connectivity index (χ1v) is 8.78. The number of hydrogen-bond acceptors (Lipinski definition) is 4. The predicted molar refractivity (Wildman–Crippen MR) is 91.4 cm³/mol. The smallest absolute Gasteiger partial charge is 0.373 e. The third-order valence-corrected chi connectivity index (χ3v) is 3.60. The van der Waals surface area contributed by atoms with Crippen LogP contribution >= 0.6 is 0 Å². The van der Waals surface area contributed by atoms with Crippen LogP contribution in [0.15, 0.2) is 24.3 Å². The zero-order chi connectivity index (χ0) is 16.8. The van der Waals surface area contributed by atoms with Gasteiger partial charge in [-0.15, -0.1) is 0 Å². The van der Waals surface area contributed by atoms with Crippen LogP contribution in [0, 0.1) is 0 Å². The van der Waals surface area contributed by atoms with E-state index in [9.17, 15) is 4.79 Å². The number of aryl methyl sites for hydroxylation is 1. The van der Waals surface area contributed by atoms with Crippen molar-refractivity contribution in [1.29, 1.82) is 0 Å². The molecule has 0 fully saturated rings. The van der Waals surface area contributed by atoms with Crippen molar-refractivity contribution < 1.29 is 19.3 Å². The van der Waals surface area contributed by atoms with E-state index in [1.54, 1.807) is 12.1 Å². The molecule has 0 aliphatic carbocycles. The summed E-state index contributed by atoms with van der Waals surface area (Å²) in [6.07, 6.45) is 8.17. The molecule has 0 bridgehead atoms. The Balaban J connectivity index is 2.18. The van der Waals surface area contributed by atoms with Gasteiger partial charge < -0.3 is 4.74 Å². The first-order chi connectivity index (χ1) is 11.3. The molecule has 0 aromatic heterocycles. The van der Waals surface area contributed by atoms with Crippen LogP contribution in [0.5, 0.6) is 0 Å². The Morgan fingerprint density at radius 2 is 1.61 bits per heavy atom. The Bertz CT molecular complexity index is 414. The van der Waals surface area contributed by atoms with Gasteiger partial charge in [0.25, 0.3) is 0 Å². The van der Waals surface area contributed by atoms with Crippen molar-refractivity contribution in [3.63, 3.8) is 0 Å². The molecule has 1 rings (SSSR count). The van der Waals surface area contributed by atoms with E-state index in [1.807, 2.05) is 12.1 Å². The van der Waals surface area contributed by atoms with Gasteiger partial charge in [0.2, 0.25) is 0 Å². The molecular weight excluding hydrogens is 292 g/mol. The Morgan fingerprint density at radius 3 is 2.30 bits per heavy atom. The van der Waals surface area contributed by atoms with Crippen LogP contribution in [0.4, 0.5) is 0 Å². The van der Waals surface area contributed by atoms with Crippen LogP contribution in [0.3, 0.4) is 0 Å². The summed E-state index contributed by atoms with van der Waals surface area (Å²) >= 11 is 0. The highest BCUT2D eigenvalue weighted by Gasteiger charge is 2.08. The summed E-state index contributed by atoms with van der Waals surface area (Å²) in [5.74, 6) is -0.462. The molecule has 4 heteroatoms. The Hall–Kier alpha value is -1.39. The van der Waals surface area contributed by atoms with E-state index in [1.165, 1.54) is 31.2 Å². The highest BCUT2D eigenvalue weighted by Crippen LogP contribution is 2.10. The molecule has 0 aliphatic heterocycles. The molecule has 0 amide bonds. The molecule has 0 saturated carbocycles. The van der Waals surface area contributed by atoms with Crippen molar-refractivity contribution in [1.82, 2.24) is 0 Å². The van der Waals surface area contributed by atoms with Gasteiger partial charge in [-0.3, -0.25) is 4.89 Å². The van der Waals surface area contributed by atoms with Gasteiger partial charge in [0.15, 0.2) is 0 Å². The topological polar surface area (TPSA) is 44.8 Å². The second-order valence-corrected chi connectivity index (χ2v) is 5.67.